The van der Waals surface area contributed by atoms with Crippen LogP contribution in [0, 0.1) is 6.92 Å². The van der Waals surface area contributed by atoms with Gasteiger partial charge in [-0.3, -0.25) is 0 Å². The van der Waals surface area contributed by atoms with Crippen LogP contribution < -0.4 is 5.72 Å². The second-order valence-corrected chi connectivity index (χ2v) is 8.31. The molecule has 134 valence electrons. The predicted molar refractivity (Wildman–Crippen MR) is 98.8 cm³/mol. The third-order valence-electron chi connectivity index (χ3n) is 4.24. The molecule has 0 saturated heterocycles. The zero-order chi connectivity index (χ0) is 18.5. The molecular weight excluding hydrogens is 377 g/mol. The second-order valence-electron chi connectivity index (χ2n) is 6.04. The topological polar surface area (TPSA) is 93.6 Å². The highest BCUT2D eigenvalue weighted by Crippen LogP contribution is 2.30. The van der Waals surface area contributed by atoms with Gasteiger partial charge in [-0.1, -0.05) is 17.7 Å². The van der Waals surface area contributed by atoms with E-state index in [2.05, 4.69) is 15.1 Å². The molecule has 0 fully saturated rings. The first-order valence-corrected chi connectivity index (χ1v) is 9.81. The van der Waals surface area contributed by atoms with Crippen molar-refractivity contribution in [3.63, 3.8) is 0 Å². The summed E-state index contributed by atoms with van der Waals surface area (Å²) < 4.78 is 33.4. The first kappa shape index (κ1) is 17.3. The van der Waals surface area contributed by atoms with Crippen LogP contribution in [0.3, 0.4) is 0 Å². The first-order chi connectivity index (χ1) is 12.3. The van der Waals surface area contributed by atoms with Gasteiger partial charge in [0.25, 0.3) is 15.1 Å². The normalized spacial score (nSPS) is 16.2. The number of sulfonamides is 1. The minimum atomic E-state index is -3.69. The lowest BCUT2D eigenvalue weighted by atomic mass is 10.0. The standard InChI is InChI=1S/C15H15BClN5O3S/c1-9-18-7-14(25-9)26(23,24)21-4-2-10(3-5-21)11-8-22-13(6-12(11)17)19-15(16)20-22/h2,6-8H,3-5,16H2,1H3. The monoisotopic (exact) mass is 391 g/mol. The Balaban J connectivity index is 1.63. The molecule has 26 heavy (non-hydrogen) atoms. The lowest BCUT2D eigenvalue weighted by Gasteiger charge is -2.25. The van der Waals surface area contributed by atoms with E-state index in [9.17, 15) is 8.42 Å². The van der Waals surface area contributed by atoms with E-state index in [4.69, 9.17) is 16.0 Å². The van der Waals surface area contributed by atoms with E-state index < -0.39 is 10.0 Å². The zero-order valence-electron chi connectivity index (χ0n) is 14.2. The van der Waals surface area contributed by atoms with Crippen molar-refractivity contribution in [2.45, 2.75) is 18.4 Å². The Kier molecular flexibility index (Phi) is 4.13. The van der Waals surface area contributed by atoms with Gasteiger partial charge < -0.3 is 4.42 Å². The number of nitrogens with zero attached hydrogens (tertiary/aromatic N) is 5. The van der Waals surface area contributed by atoms with Crippen LogP contribution in [0.1, 0.15) is 17.9 Å². The average Bonchev–Trinajstić information content (AvgIpc) is 3.19. The molecule has 3 aromatic heterocycles. The van der Waals surface area contributed by atoms with Gasteiger partial charge in [-0.2, -0.15) is 9.40 Å². The number of halogens is 1. The summed E-state index contributed by atoms with van der Waals surface area (Å²) in [6, 6.07) is 1.76. The van der Waals surface area contributed by atoms with Crippen LogP contribution in [-0.2, 0) is 10.0 Å². The van der Waals surface area contributed by atoms with Crippen molar-refractivity contribution in [2.24, 2.45) is 0 Å². The van der Waals surface area contributed by atoms with Gasteiger partial charge in [0.15, 0.2) is 19.4 Å². The molecule has 0 aromatic carbocycles. The van der Waals surface area contributed by atoms with Crippen molar-refractivity contribution in [3.05, 3.63) is 41.0 Å². The quantitative estimate of drug-likeness (QED) is 0.601. The molecule has 0 amide bonds. The van der Waals surface area contributed by atoms with Gasteiger partial charge in [0, 0.05) is 37.8 Å². The highest BCUT2D eigenvalue weighted by molar-refractivity contribution is 7.89. The van der Waals surface area contributed by atoms with Crippen molar-refractivity contribution in [3.8, 4) is 0 Å². The molecule has 11 heteroatoms. The van der Waals surface area contributed by atoms with Gasteiger partial charge in [0.05, 0.1) is 11.2 Å². The van der Waals surface area contributed by atoms with Gasteiger partial charge in [0.1, 0.15) is 5.72 Å². The Morgan fingerprint density at radius 2 is 2.19 bits per heavy atom. The molecule has 4 heterocycles. The third kappa shape index (κ3) is 2.93. The SMILES string of the molecule is Bc1nc2cc(Cl)c(C3=CCN(S(=O)(=O)c4cnc(C)o4)CC3)cn2n1. The summed E-state index contributed by atoms with van der Waals surface area (Å²) in [6.07, 6.45) is 5.46. The number of hydrogen-bond donors (Lipinski definition) is 0. The number of oxazole rings is 1. The average molecular weight is 392 g/mol. The van der Waals surface area contributed by atoms with E-state index in [0.717, 1.165) is 11.1 Å². The molecule has 8 nitrogen and oxygen atoms in total. The zero-order valence-corrected chi connectivity index (χ0v) is 15.8. The summed E-state index contributed by atoms with van der Waals surface area (Å²) in [7, 11) is -1.88. The fourth-order valence-corrected chi connectivity index (χ4v) is 4.49. The van der Waals surface area contributed by atoms with E-state index in [1.807, 2.05) is 20.1 Å². The van der Waals surface area contributed by atoms with Crippen molar-refractivity contribution in [1.82, 2.24) is 23.9 Å². The molecule has 1 aliphatic rings. The molecule has 0 radical (unpaired) electrons. The molecule has 0 aliphatic carbocycles. The lowest BCUT2D eigenvalue weighted by Crippen LogP contribution is -2.34. The van der Waals surface area contributed by atoms with E-state index >= 15 is 0 Å². The van der Waals surface area contributed by atoms with E-state index in [1.165, 1.54) is 10.5 Å². The number of aromatic nitrogens is 4. The van der Waals surface area contributed by atoms with Crippen LogP contribution in [0.15, 0.2) is 34.0 Å². The molecule has 0 atom stereocenters. The number of aryl methyl sites for hydroxylation is 1. The molecule has 0 N–H and O–H groups in total. The molecular formula is C15H15BClN5O3S. The smallest absolute Gasteiger partial charge is 0.278 e. The molecule has 1 aliphatic heterocycles. The van der Waals surface area contributed by atoms with Crippen LogP contribution >= 0.6 is 11.6 Å². The number of rotatable bonds is 3. The molecule has 0 spiro atoms. The Morgan fingerprint density at radius 3 is 2.85 bits per heavy atom. The Hall–Kier alpha value is -2.17. The van der Waals surface area contributed by atoms with Crippen molar-refractivity contribution >= 4 is 46.4 Å². The Bertz CT molecular complexity index is 1140. The Labute approximate surface area is 155 Å². The summed E-state index contributed by atoms with van der Waals surface area (Å²) >= 11 is 6.39. The summed E-state index contributed by atoms with van der Waals surface area (Å²) in [6.45, 7) is 2.18. The number of fused-ring (bicyclic) bond motifs is 1. The predicted octanol–water partition coefficient (Wildman–Crippen LogP) is 0.416. The molecule has 0 bridgehead atoms. The van der Waals surface area contributed by atoms with E-state index in [1.54, 1.807) is 17.5 Å². The first-order valence-electron chi connectivity index (χ1n) is 7.99. The minimum Gasteiger partial charge on any atom is -0.428 e. The van der Waals surface area contributed by atoms with Gasteiger partial charge in [0.2, 0.25) is 0 Å². The number of hydrogen-bond acceptors (Lipinski definition) is 6. The van der Waals surface area contributed by atoms with Crippen LogP contribution in [0.2, 0.25) is 5.02 Å². The van der Waals surface area contributed by atoms with E-state index in [-0.39, 0.29) is 11.6 Å². The number of pyridine rings is 1. The van der Waals surface area contributed by atoms with Crippen molar-refractivity contribution < 1.29 is 12.8 Å². The highest BCUT2D eigenvalue weighted by Gasteiger charge is 2.30. The second kappa shape index (κ2) is 6.22. The highest BCUT2D eigenvalue weighted by atomic mass is 35.5. The largest absolute Gasteiger partial charge is 0.428 e. The minimum absolute atomic E-state index is 0.135. The lowest BCUT2D eigenvalue weighted by molar-refractivity contribution is 0.383. The van der Waals surface area contributed by atoms with Gasteiger partial charge in [-0.25, -0.2) is 22.9 Å². The van der Waals surface area contributed by atoms with Gasteiger partial charge in [-0.05, 0) is 12.0 Å². The summed E-state index contributed by atoms with van der Waals surface area (Å²) in [5.41, 5.74) is 3.15. The van der Waals surface area contributed by atoms with Crippen LogP contribution in [-0.4, -0.2) is 53.2 Å². The van der Waals surface area contributed by atoms with Crippen LogP contribution in [0.5, 0.6) is 0 Å². The molecule has 4 rings (SSSR count). The molecule has 0 saturated carbocycles. The maximum atomic E-state index is 12.6. The molecule has 0 unspecified atom stereocenters. The van der Waals surface area contributed by atoms with Crippen molar-refractivity contribution in [2.75, 3.05) is 13.1 Å². The third-order valence-corrected chi connectivity index (χ3v) is 6.26. The maximum Gasteiger partial charge on any atom is 0.278 e. The fourth-order valence-electron chi connectivity index (χ4n) is 2.95. The summed E-state index contributed by atoms with van der Waals surface area (Å²) in [4.78, 5) is 8.15. The van der Waals surface area contributed by atoms with E-state index in [0.29, 0.717) is 35.2 Å². The summed E-state index contributed by atoms with van der Waals surface area (Å²) in [5, 5.41) is 4.73. The summed E-state index contributed by atoms with van der Waals surface area (Å²) in [5.74, 6) is 0.319. The molecule has 3 aromatic rings. The Morgan fingerprint density at radius 1 is 1.38 bits per heavy atom. The maximum absolute atomic E-state index is 12.6. The van der Waals surface area contributed by atoms with Crippen LogP contribution in [0.25, 0.3) is 11.2 Å². The van der Waals surface area contributed by atoms with Crippen LogP contribution in [0.4, 0.5) is 0 Å². The van der Waals surface area contributed by atoms with Crippen molar-refractivity contribution in [1.29, 1.82) is 0 Å². The fraction of sp³-hybridized carbons (Fsp3) is 0.267. The van der Waals surface area contributed by atoms with Gasteiger partial charge >= 0.3 is 0 Å². The van der Waals surface area contributed by atoms with Gasteiger partial charge in [-0.15, -0.1) is 0 Å².